The fraction of sp³-hybridized carbons (Fsp3) is 0.500. The Labute approximate surface area is 170 Å². The lowest BCUT2D eigenvalue weighted by Crippen LogP contribution is -2.00. The van der Waals surface area contributed by atoms with Gasteiger partial charge in [-0.3, -0.25) is 0 Å². The first kappa shape index (κ1) is 22.3. The van der Waals surface area contributed by atoms with E-state index in [2.05, 4.69) is 0 Å². The van der Waals surface area contributed by atoms with Gasteiger partial charge in [-0.05, 0) is 48.2 Å². The van der Waals surface area contributed by atoms with Gasteiger partial charge in [0.2, 0.25) is 0 Å². The van der Waals surface area contributed by atoms with Crippen molar-refractivity contribution < 1.29 is 9.47 Å². The predicted molar refractivity (Wildman–Crippen MR) is 117 cm³/mol. The number of nitrogens with two attached hydrogens (primary N) is 2. The van der Waals surface area contributed by atoms with Gasteiger partial charge in [-0.15, -0.1) is 0 Å². The van der Waals surface area contributed by atoms with Crippen LogP contribution in [0.15, 0.2) is 48.5 Å². The minimum absolute atomic E-state index is 0.560. The lowest BCUT2D eigenvalue weighted by atomic mass is 10.1. The Morgan fingerprint density at radius 2 is 0.929 bits per heavy atom. The van der Waals surface area contributed by atoms with Crippen LogP contribution in [0.1, 0.15) is 62.5 Å². The van der Waals surface area contributed by atoms with Crippen molar-refractivity contribution in [3.63, 3.8) is 0 Å². The van der Waals surface area contributed by atoms with Gasteiger partial charge in [0.05, 0.1) is 13.2 Å². The van der Waals surface area contributed by atoms with Crippen LogP contribution < -0.4 is 20.9 Å². The van der Waals surface area contributed by atoms with Crippen LogP contribution >= 0.6 is 0 Å². The highest BCUT2D eigenvalue weighted by Gasteiger charge is 1.98. The van der Waals surface area contributed by atoms with E-state index in [1.165, 1.54) is 38.5 Å². The van der Waals surface area contributed by atoms with Crippen LogP contribution in [-0.4, -0.2) is 13.2 Å². The minimum Gasteiger partial charge on any atom is -0.494 e. The van der Waals surface area contributed by atoms with E-state index in [9.17, 15) is 0 Å². The molecule has 0 spiro atoms. The molecule has 2 aromatic carbocycles. The van der Waals surface area contributed by atoms with Crippen molar-refractivity contribution in [2.24, 2.45) is 11.5 Å². The number of hydrogen-bond acceptors (Lipinski definition) is 4. The maximum Gasteiger partial charge on any atom is 0.119 e. The van der Waals surface area contributed by atoms with E-state index in [1.54, 1.807) is 0 Å². The normalized spacial score (nSPS) is 10.8. The lowest BCUT2D eigenvalue weighted by Gasteiger charge is -2.08. The fourth-order valence-electron chi connectivity index (χ4n) is 3.17. The summed E-state index contributed by atoms with van der Waals surface area (Å²) in [7, 11) is 0. The van der Waals surface area contributed by atoms with Crippen LogP contribution in [0, 0.1) is 0 Å². The second kappa shape index (κ2) is 14.0. The van der Waals surface area contributed by atoms with E-state index >= 15 is 0 Å². The van der Waals surface area contributed by atoms with Gasteiger partial charge in [0, 0.05) is 13.1 Å². The van der Waals surface area contributed by atoms with Crippen LogP contribution in [0.25, 0.3) is 0 Å². The number of rotatable bonds is 15. The number of hydrogen-bond donors (Lipinski definition) is 2. The molecule has 28 heavy (non-hydrogen) atoms. The third kappa shape index (κ3) is 9.25. The summed E-state index contributed by atoms with van der Waals surface area (Å²) in [5.74, 6) is 1.86. The van der Waals surface area contributed by atoms with E-state index in [4.69, 9.17) is 20.9 Å². The third-order valence-corrected chi connectivity index (χ3v) is 4.84. The Bertz CT molecular complexity index is 603. The van der Waals surface area contributed by atoms with Crippen molar-refractivity contribution >= 4 is 0 Å². The SMILES string of the molecule is NCc1cccc(OCCCCCCCCCCOc2cccc(CN)c2)c1. The van der Waals surface area contributed by atoms with Crippen molar-refractivity contribution in [3.8, 4) is 11.5 Å². The molecule has 0 radical (unpaired) electrons. The zero-order valence-corrected chi connectivity index (χ0v) is 17.1. The summed E-state index contributed by atoms with van der Waals surface area (Å²) in [6.45, 7) is 2.70. The second-order valence-corrected chi connectivity index (χ2v) is 7.23. The molecule has 0 atom stereocenters. The monoisotopic (exact) mass is 384 g/mol. The molecular formula is C24H36N2O2. The first-order chi connectivity index (χ1) is 13.8. The molecule has 2 rings (SSSR count). The van der Waals surface area contributed by atoms with Crippen molar-refractivity contribution in [1.29, 1.82) is 0 Å². The minimum atomic E-state index is 0.560. The van der Waals surface area contributed by atoms with E-state index in [-0.39, 0.29) is 0 Å². The van der Waals surface area contributed by atoms with Gasteiger partial charge in [0.1, 0.15) is 11.5 Å². The molecule has 0 bridgehead atoms. The molecule has 154 valence electrons. The average molecular weight is 385 g/mol. The molecule has 4 N–H and O–H groups in total. The Hall–Kier alpha value is -2.04. The zero-order valence-electron chi connectivity index (χ0n) is 17.1. The van der Waals surface area contributed by atoms with Crippen LogP contribution in [0.4, 0.5) is 0 Å². The number of benzene rings is 2. The first-order valence-corrected chi connectivity index (χ1v) is 10.7. The quantitative estimate of drug-likeness (QED) is 0.415. The van der Waals surface area contributed by atoms with Gasteiger partial charge in [-0.25, -0.2) is 0 Å². The summed E-state index contributed by atoms with van der Waals surface area (Å²) in [5.41, 5.74) is 13.5. The number of unbranched alkanes of at least 4 members (excludes halogenated alkanes) is 7. The first-order valence-electron chi connectivity index (χ1n) is 10.7. The van der Waals surface area contributed by atoms with Gasteiger partial charge in [0.25, 0.3) is 0 Å². The van der Waals surface area contributed by atoms with E-state index < -0.39 is 0 Å². The zero-order chi connectivity index (χ0) is 19.9. The molecule has 4 nitrogen and oxygen atoms in total. The summed E-state index contributed by atoms with van der Waals surface area (Å²) >= 11 is 0. The average Bonchev–Trinajstić information content (AvgIpc) is 2.74. The molecule has 0 aliphatic rings. The Kier molecular flexibility index (Phi) is 11.1. The van der Waals surface area contributed by atoms with E-state index in [0.29, 0.717) is 13.1 Å². The van der Waals surface area contributed by atoms with Gasteiger partial charge in [-0.1, -0.05) is 62.8 Å². The second-order valence-electron chi connectivity index (χ2n) is 7.23. The van der Waals surface area contributed by atoms with Crippen LogP contribution in [0.3, 0.4) is 0 Å². The molecule has 0 saturated heterocycles. The summed E-state index contributed by atoms with van der Waals surface area (Å²) in [6, 6.07) is 16.1. The Balaban J connectivity index is 1.38. The van der Waals surface area contributed by atoms with Crippen LogP contribution in [0.5, 0.6) is 11.5 Å². The molecule has 0 aliphatic carbocycles. The van der Waals surface area contributed by atoms with Gasteiger partial charge in [0.15, 0.2) is 0 Å². The molecule has 0 aliphatic heterocycles. The highest BCUT2D eigenvalue weighted by atomic mass is 16.5. The molecule has 0 saturated carbocycles. The summed E-state index contributed by atoms with van der Waals surface area (Å²) in [4.78, 5) is 0. The van der Waals surface area contributed by atoms with Gasteiger partial charge in [-0.2, -0.15) is 0 Å². The Morgan fingerprint density at radius 1 is 0.536 bits per heavy atom. The molecule has 0 fully saturated rings. The predicted octanol–water partition coefficient (Wildman–Crippen LogP) is 5.18. The highest BCUT2D eigenvalue weighted by Crippen LogP contribution is 2.15. The molecule has 0 heterocycles. The number of ether oxygens (including phenoxy) is 2. The van der Waals surface area contributed by atoms with Crippen molar-refractivity contribution in [2.75, 3.05) is 13.2 Å². The fourth-order valence-corrected chi connectivity index (χ4v) is 3.17. The topological polar surface area (TPSA) is 70.5 Å². The maximum absolute atomic E-state index is 5.80. The van der Waals surface area contributed by atoms with Gasteiger partial charge < -0.3 is 20.9 Å². The molecule has 0 aromatic heterocycles. The Morgan fingerprint density at radius 3 is 1.32 bits per heavy atom. The van der Waals surface area contributed by atoms with Crippen molar-refractivity contribution in [2.45, 2.75) is 64.5 Å². The highest BCUT2D eigenvalue weighted by molar-refractivity contribution is 5.29. The summed E-state index contributed by atoms with van der Waals surface area (Å²) in [6.07, 6.45) is 9.88. The maximum atomic E-state index is 5.80. The third-order valence-electron chi connectivity index (χ3n) is 4.84. The molecule has 0 amide bonds. The van der Waals surface area contributed by atoms with Crippen LogP contribution in [-0.2, 0) is 13.1 Å². The molecular weight excluding hydrogens is 348 g/mol. The lowest BCUT2D eigenvalue weighted by molar-refractivity contribution is 0.301. The molecule has 0 unspecified atom stereocenters. The van der Waals surface area contributed by atoms with Crippen LogP contribution in [0.2, 0.25) is 0 Å². The van der Waals surface area contributed by atoms with E-state index in [1.807, 2.05) is 48.5 Å². The molecule has 4 heteroatoms. The van der Waals surface area contributed by atoms with Crippen molar-refractivity contribution in [1.82, 2.24) is 0 Å². The van der Waals surface area contributed by atoms with Crippen molar-refractivity contribution in [3.05, 3.63) is 59.7 Å². The van der Waals surface area contributed by atoms with E-state index in [0.717, 1.165) is 48.7 Å². The summed E-state index contributed by atoms with van der Waals surface area (Å²) < 4.78 is 11.6. The summed E-state index contributed by atoms with van der Waals surface area (Å²) in [5, 5.41) is 0. The smallest absolute Gasteiger partial charge is 0.119 e. The molecule has 2 aromatic rings. The van der Waals surface area contributed by atoms with Gasteiger partial charge >= 0.3 is 0 Å². The largest absolute Gasteiger partial charge is 0.494 e. The standard InChI is InChI=1S/C24H36N2O2/c25-19-21-11-9-13-23(17-21)27-15-7-5-3-1-2-4-6-8-16-28-24-14-10-12-22(18-24)20-26/h9-14,17-18H,1-8,15-16,19-20,25-26H2.